The molecule has 0 radical (unpaired) electrons. The van der Waals surface area contributed by atoms with E-state index < -0.39 is 12.0 Å². The zero-order valence-corrected chi connectivity index (χ0v) is 14.6. The van der Waals surface area contributed by atoms with E-state index in [1.165, 1.54) is 27.5 Å². The van der Waals surface area contributed by atoms with Crippen LogP contribution < -0.4 is 0 Å². The molecule has 0 saturated heterocycles. The molecule has 0 bridgehead atoms. The van der Waals surface area contributed by atoms with Gasteiger partial charge in [-0.2, -0.15) is 0 Å². The summed E-state index contributed by atoms with van der Waals surface area (Å²) in [5, 5.41) is 12.8. The quantitative estimate of drug-likeness (QED) is 0.838. The second-order valence-electron chi connectivity index (χ2n) is 5.89. The van der Waals surface area contributed by atoms with Gasteiger partial charge in [0.25, 0.3) is 0 Å². The third-order valence-electron chi connectivity index (χ3n) is 4.36. The van der Waals surface area contributed by atoms with Gasteiger partial charge in [0.1, 0.15) is 6.04 Å². The maximum Gasteiger partial charge on any atom is 0.326 e. The number of carbonyl (C=O) groups is 2. The lowest BCUT2D eigenvalue weighted by atomic mass is 9.97. The molecule has 2 rings (SSSR count). The first-order valence-electron chi connectivity index (χ1n) is 7.90. The van der Waals surface area contributed by atoms with E-state index in [-0.39, 0.29) is 11.8 Å². The van der Waals surface area contributed by atoms with E-state index in [0.29, 0.717) is 13.0 Å². The first-order chi connectivity index (χ1) is 11.0. The number of carboxylic acid groups (broad SMARTS) is 1. The molecule has 0 spiro atoms. The summed E-state index contributed by atoms with van der Waals surface area (Å²) in [6, 6.07) is 7.39. The van der Waals surface area contributed by atoms with Crippen molar-refractivity contribution in [2.75, 3.05) is 6.54 Å². The van der Waals surface area contributed by atoms with Gasteiger partial charge < -0.3 is 10.0 Å². The third kappa shape index (κ3) is 3.91. The van der Waals surface area contributed by atoms with Crippen LogP contribution in [0.15, 0.2) is 29.6 Å². The van der Waals surface area contributed by atoms with Crippen molar-refractivity contribution in [3.63, 3.8) is 0 Å². The van der Waals surface area contributed by atoms with Gasteiger partial charge in [-0.1, -0.05) is 38.5 Å². The first-order valence-corrected chi connectivity index (χ1v) is 8.78. The Hall–Kier alpha value is -1.88. The predicted octanol–water partition coefficient (Wildman–Crippen LogP) is 3.79. The summed E-state index contributed by atoms with van der Waals surface area (Å²) in [6.45, 7) is 5.71. The predicted molar refractivity (Wildman–Crippen MR) is 93.8 cm³/mol. The Morgan fingerprint density at radius 2 is 2.00 bits per heavy atom. The van der Waals surface area contributed by atoms with Gasteiger partial charge in [0.05, 0.1) is 0 Å². The van der Waals surface area contributed by atoms with Crippen LogP contribution in [-0.4, -0.2) is 34.5 Å². The zero-order chi connectivity index (χ0) is 17.0. The molecule has 4 nitrogen and oxygen atoms in total. The molecule has 1 aromatic carbocycles. The molecule has 0 aliphatic heterocycles. The molecule has 1 amide bonds. The van der Waals surface area contributed by atoms with Crippen molar-refractivity contribution in [1.29, 1.82) is 0 Å². The molecule has 0 aliphatic carbocycles. The fourth-order valence-corrected chi connectivity index (χ4v) is 3.86. The van der Waals surface area contributed by atoms with E-state index in [2.05, 4.69) is 17.5 Å². The molecule has 124 valence electrons. The van der Waals surface area contributed by atoms with Crippen LogP contribution in [0.1, 0.15) is 32.8 Å². The van der Waals surface area contributed by atoms with Gasteiger partial charge in [-0.15, -0.1) is 11.3 Å². The van der Waals surface area contributed by atoms with Crippen molar-refractivity contribution in [3.8, 4) is 0 Å². The summed E-state index contributed by atoms with van der Waals surface area (Å²) in [4.78, 5) is 25.1. The molecule has 1 heterocycles. The normalized spacial score (nSPS) is 13.7. The lowest BCUT2D eigenvalue weighted by Gasteiger charge is -2.31. The van der Waals surface area contributed by atoms with Crippen LogP contribution in [0.25, 0.3) is 10.1 Å². The molecular formula is C18H23NO3S. The van der Waals surface area contributed by atoms with Crippen molar-refractivity contribution in [2.45, 2.75) is 39.7 Å². The van der Waals surface area contributed by atoms with Gasteiger partial charge in [0.2, 0.25) is 5.91 Å². The molecule has 2 aromatic rings. The summed E-state index contributed by atoms with van der Waals surface area (Å²) in [5.74, 6) is -1.18. The summed E-state index contributed by atoms with van der Waals surface area (Å²) in [5.41, 5.74) is 1.17. The fourth-order valence-electron chi connectivity index (χ4n) is 2.87. The second-order valence-corrected chi connectivity index (χ2v) is 6.80. The number of hydrogen-bond acceptors (Lipinski definition) is 3. The number of carbonyl (C=O) groups excluding carboxylic acids is 1. The van der Waals surface area contributed by atoms with Crippen LogP contribution >= 0.6 is 11.3 Å². The highest BCUT2D eigenvalue weighted by Crippen LogP contribution is 2.26. The highest BCUT2D eigenvalue weighted by atomic mass is 32.1. The Morgan fingerprint density at radius 3 is 2.61 bits per heavy atom. The number of carboxylic acids is 1. The SMILES string of the molecule is CC[C@H](C)[C@@H](C(=O)O)N(CCc1csc2ccccc12)C(C)=O. The van der Waals surface area contributed by atoms with E-state index in [1.54, 1.807) is 11.3 Å². The number of fused-ring (bicyclic) bond motifs is 1. The average Bonchev–Trinajstić information content (AvgIpc) is 2.93. The fraction of sp³-hybridized carbons (Fsp3) is 0.444. The number of hydrogen-bond donors (Lipinski definition) is 1. The topological polar surface area (TPSA) is 57.6 Å². The van der Waals surface area contributed by atoms with Gasteiger partial charge in [0.15, 0.2) is 0 Å². The second kappa shape index (κ2) is 7.59. The van der Waals surface area contributed by atoms with Gasteiger partial charge in [0, 0.05) is 18.2 Å². The van der Waals surface area contributed by atoms with Gasteiger partial charge in [-0.25, -0.2) is 4.79 Å². The van der Waals surface area contributed by atoms with Crippen LogP contribution in [0.3, 0.4) is 0 Å². The van der Waals surface area contributed by atoms with E-state index >= 15 is 0 Å². The summed E-state index contributed by atoms with van der Waals surface area (Å²) < 4.78 is 1.22. The Labute approximate surface area is 140 Å². The van der Waals surface area contributed by atoms with Gasteiger partial charge >= 0.3 is 5.97 Å². The van der Waals surface area contributed by atoms with Crippen LogP contribution in [0, 0.1) is 5.92 Å². The summed E-state index contributed by atoms with van der Waals surface area (Å²) in [7, 11) is 0. The highest BCUT2D eigenvalue weighted by Gasteiger charge is 2.31. The Morgan fingerprint density at radius 1 is 1.30 bits per heavy atom. The van der Waals surface area contributed by atoms with Crippen molar-refractivity contribution in [1.82, 2.24) is 4.90 Å². The van der Waals surface area contributed by atoms with Crippen molar-refractivity contribution in [2.24, 2.45) is 5.92 Å². The van der Waals surface area contributed by atoms with Gasteiger partial charge in [-0.05, 0) is 34.7 Å². The lowest BCUT2D eigenvalue weighted by Crippen LogP contribution is -2.48. The van der Waals surface area contributed by atoms with Crippen molar-refractivity contribution in [3.05, 3.63) is 35.2 Å². The van der Waals surface area contributed by atoms with Crippen LogP contribution in [0.4, 0.5) is 0 Å². The maximum absolute atomic E-state index is 12.0. The maximum atomic E-state index is 12.0. The van der Waals surface area contributed by atoms with Crippen LogP contribution in [0.2, 0.25) is 0 Å². The summed E-state index contributed by atoms with van der Waals surface area (Å²) in [6.07, 6.45) is 1.39. The molecule has 23 heavy (non-hydrogen) atoms. The molecular weight excluding hydrogens is 310 g/mol. The summed E-state index contributed by atoms with van der Waals surface area (Å²) >= 11 is 1.68. The number of thiophene rings is 1. The molecule has 0 unspecified atom stereocenters. The highest BCUT2D eigenvalue weighted by molar-refractivity contribution is 7.17. The van der Waals surface area contributed by atoms with Crippen LogP contribution in [-0.2, 0) is 16.0 Å². The minimum atomic E-state index is -0.926. The zero-order valence-electron chi connectivity index (χ0n) is 13.8. The third-order valence-corrected chi connectivity index (χ3v) is 5.37. The molecule has 0 aliphatic rings. The first kappa shape index (κ1) is 17.5. The number of amides is 1. The van der Waals surface area contributed by atoms with E-state index in [0.717, 1.165) is 6.42 Å². The molecule has 0 saturated carbocycles. The number of benzene rings is 1. The van der Waals surface area contributed by atoms with E-state index in [4.69, 9.17) is 0 Å². The lowest BCUT2D eigenvalue weighted by molar-refractivity contribution is -0.151. The largest absolute Gasteiger partial charge is 0.480 e. The standard InChI is InChI=1S/C18H23NO3S/c1-4-12(2)17(18(21)22)19(13(3)20)10-9-14-11-23-16-8-6-5-7-15(14)16/h5-8,11-12,17H,4,9-10H2,1-3H3,(H,21,22)/t12-,17-/m0/s1. The van der Waals surface area contributed by atoms with Gasteiger partial charge in [-0.3, -0.25) is 4.79 Å². The van der Waals surface area contributed by atoms with Crippen LogP contribution in [0.5, 0.6) is 0 Å². The minimum absolute atomic E-state index is 0.0735. The van der Waals surface area contributed by atoms with Crippen molar-refractivity contribution < 1.29 is 14.7 Å². The molecule has 2 atom stereocenters. The minimum Gasteiger partial charge on any atom is -0.480 e. The Balaban J connectivity index is 2.19. The van der Waals surface area contributed by atoms with Crippen molar-refractivity contribution >= 4 is 33.3 Å². The molecule has 5 heteroatoms. The Kier molecular flexibility index (Phi) is 5.77. The monoisotopic (exact) mass is 333 g/mol. The smallest absolute Gasteiger partial charge is 0.326 e. The molecule has 1 aromatic heterocycles. The number of aliphatic carboxylic acids is 1. The van der Waals surface area contributed by atoms with E-state index in [1.807, 2.05) is 26.0 Å². The Bertz CT molecular complexity index is 694. The molecule has 1 N–H and O–H groups in total. The van der Waals surface area contributed by atoms with E-state index in [9.17, 15) is 14.7 Å². The number of nitrogens with zero attached hydrogens (tertiary/aromatic N) is 1. The average molecular weight is 333 g/mol. The number of rotatable bonds is 7. The molecule has 0 fully saturated rings.